The molecule has 0 saturated carbocycles. The minimum Gasteiger partial charge on any atom is -0.487 e. The number of fused-ring (bicyclic) bond motifs is 1. The van der Waals surface area contributed by atoms with Crippen LogP contribution in [0, 0.1) is 6.92 Å². The SMILES string of the molecule is CCOC(=O)c1cnc(-c2cc3cc(Oc4ccc(C)cc4)cc(OCc4ccccc4)c3[nH]2)s1. The van der Waals surface area contributed by atoms with Gasteiger partial charge in [0.15, 0.2) is 0 Å². The van der Waals surface area contributed by atoms with Gasteiger partial charge in [0.25, 0.3) is 0 Å². The number of aromatic nitrogens is 2. The number of thiazole rings is 1. The van der Waals surface area contributed by atoms with Crippen molar-refractivity contribution in [1.82, 2.24) is 9.97 Å². The molecule has 1 N–H and O–H groups in total. The third kappa shape index (κ3) is 5.20. The number of carbonyl (C=O) groups excluding carboxylic acids is 1. The molecule has 0 amide bonds. The fraction of sp³-hybridized carbons (Fsp3) is 0.143. The quantitative estimate of drug-likeness (QED) is 0.237. The maximum atomic E-state index is 12.1. The highest BCUT2D eigenvalue weighted by atomic mass is 32.1. The molecule has 2 heterocycles. The summed E-state index contributed by atoms with van der Waals surface area (Å²) in [6, 6.07) is 23.8. The number of aryl methyl sites for hydroxylation is 1. The van der Waals surface area contributed by atoms with Crippen molar-refractivity contribution in [2.45, 2.75) is 20.5 Å². The first kappa shape index (κ1) is 22.7. The van der Waals surface area contributed by atoms with Gasteiger partial charge in [-0.15, -0.1) is 11.3 Å². The molecule has 0 unspecified atom stereocenters. The van der Waals surface area contributed by atoms with Crippen LogP contribution in [0.25, 0.3) is 21.6 Å². The number of hydrogen-bond donors (Lipinski definition) is 1. The van der Waals surface area contributed by atoms with Gasteiger partial charge in [-0.3, -0.25) is 0 Å². The fourth-order valence-corrected chi connectivity index (χ4v) is 4.43. The summed E-state index contributed by atoms with van der Waals surface area (Å²) in [7, 11) is 0. The van der Waals surface area contributed by atoms with Crippen LogP contribution in [0.4, 0.5) is 0 Å². The average Bonchev–Trinajstić information content (AvgIpc) is 3.52. The predicted octanol–water partition coefficient (Wildman–Crippen LogP) is 7.15. The lowest BCUT2D eigenvalue weighted by atomic mass is 10.2. The molecule has 0 aliphatic carbocycles. The van der Waals surface area contributed by atoms with Crippen molar-refractivity contribution in [2.75, 3.05) is 6.61 Å². The highest BCUT2D eigenvalue weighted by molar-refractivity contribution is 7.16. The van der Waals surface area contributed by atoms with Crippen LogP contribution in [0.5, 0.6) is 17.2 Å². The Hall–Kier alpha value is -4.10. The number of rotatable bonds is 8. The van der Waals surface area contributed by atoms with Crippen LogP contribution in [-0.2, 0) is 11.3 Å². The number of aromatic amines is 1. The van der Waals surface area contributed by atoms with Crippen molar-refractivity contribution in [3.63, 3.8) is 0 Å². The van der Waals surface area contributed by atoms with E-state index in [9.17, 15) is 4.79 Å². The van der Waals surface area contributed by atoms with Gasteiger partial charge in [-0.25, -0.2) is 9.78 Å². The minimum absolute atomic E-state index is 0.324. The molecule has 0 fully saturated rings. The van der Waals surface area contributed by atoms with Crippen molar-refractivity contribution in [1.29, 1.82) is 0 Å². The van der Waals surface area contributed by atoms with E-state index in [0.29, 0.717) is 34.6 Å². The first-order valence-corrected chi connectivity index (χ1v) is 12.1. The Bertz CT molecular complexity index is 1460. The van der Waals surface area contributed by atoms with Crippen LogP contribution in [0.2, 0.25) is 0 Å². The molecule has 0 spiro atoms. The maximum Gasteiger partial charge on any atom is 0.349 e. The highest BCUT2D eigenvalue weighted by Crippen LogP contribution is 2.37. The Morgan fingerprint density at radius 2 is 1.80 bits per heavy atom. The number of hydrogen-bond acceptors (Lipinski definition) is 6. The first-order chi connectivity index (χ1) is 17.1. The molecule has 0 saturated heterocycles. The van der Waals surface area contributed by atoms with E-state index in [4.69, 9.17) is 14.2 Å². The normalized spacial score (nSPS) is 10.9. The zero-order valence-corrected chi connectivity index (χ0v) is 20.2. The summed E-state index contributed by atoms with van der Waals surface area (Å²) < 4.78 is 17.5. The van der Waals surface area contributed by atoms with E-state index in [1.54, 1.807) is 13.1 Å². The Morgan fingerprint density at radius 3 is 2.57 bits per heavy atom. The Balaban J connectivity index is 1.50. The monoisotopic (exact) mass is 484 g/mol. The number of esters is 1. The molecular formula is C28H24N2O4S. The third-order valence-corrected chi connectivity index (χ3v) is 6.38. The summed E-state index contributed by atoms with van der Waals surface area (Å²) in [6.45, 7) is 4.57. The molecule has 5 aromatic rings. The number of H-pyrrole nitrogens is 1. The van der Waals surface area contributed by atoms with Crippen LogP contribution < -0.4 is 9.47 Å². The van der Waals surface area contributed by atoms with Crippen LogP contribution in [-0.4, -0.2) is 22.5 Å². The van der Waals surface area contributed by atoms with Gasteiger partial charge in [-0.1, -0.05) is 48.0 Å². The third-order valence-electron chi connectivity index (χ3n) is 5.37. The molecule has 5 rings (SSSR count). The number of ether oxygens (including phenoxy) is 3. The largest absolute Gasteiger partial charge is 0.487 e. The van der Waals surface area contributed by atoms with Gasteiger partial charge >= 0.3 is 5.97 Å². The van der Waals surface area contributed by atoms with Gasteiger partial charge < -0.3 is 19.2 Å². The van der Waals surface area contributed by atoms with Crippen LogP contribution in [0.3, 0.4) is 0 Å². The second kappa shape index (κ2) is 10.0. The molecule has 7 heteroatoms. The highest BCUT2D eigenvalue weighted by Gasteiger charge is 2.17. The van der Waals surface area contributed by atoms with Crippen LogP contribution >= 0.6 is 11.3 Å². The van der Waals surface area contributed by atoms with Gasteiger partial charge in [0.2, 0.25) is 0 Å². The molecule has 35 heavy (non-hydrogen) atoms. The molecule has 2 aromatic heterocycles. The molecule has 3 aromatic carbocycles. The summed E-state index contributed by atoms with van der Waals surface area (Å²) in [5, 5.41) is 1.61. The Labute approximate surface area is 207 Å². The molecular weight excluding hydrogens is 460 g/mol. The van der Waals surface area contributed by atoms with Crippen molar-refractivity contribution in [3.05, 3.63) is 95.0 Å². The number of benzene rings is 3. The summed E-state index contributed by atoms with van der Waals surface area (Å²) in [4.78, 5) is 20.4. The van der Waals surface area contributed by atoms with Crippen molar-refractivity contribution in [3.8, 4) is 28.0 Å². The van der Waals surface area contributed by atoms with E-state index in [0.717, 1.165) is 27.9 Å². The Kier molecular flexibility index (Phi) is 6.50. The molecule has 0 bridgehead atoms. The lowest BCUT2D eigenvalue weighted by molar-refractivity contribution is 0.0532. The predicted molar refractivity (Wildman–Crippen MR) is 137 cm³/mol. The smallest absolute Gasteiger partial charge is 0.349 e. The van der Waals surface area contributed by atoms with E-state index in [2.05, 4.69) is 9.97 Å². The van der Waals surface area contributed by atoms with E-state index >= 15 is 0 Å². The van der Waals surface area contributed by atoms with E-state index < -0.39 is 0 Å². The van der Waals surface area contributed by atoms with Gasteiger partial charge in [-0.05, 0) is 43.7 Å². The van der Waals surface area contributed by atoms with Crippen molar-refractivity contribution >= 4 is 28.2 Å². The average molecular weight is 485 g/mol. The Morgan fingerprint density at radius 1 is 1.00 bits per heavy atom. The number of carbonyl (C=O) groups is 1. The van der Waals surface area contributed by atoms with E-state index in [-0.39, 0.29) is 5.97 Å². The number of nitrogens with zero attached hydrogens (tertiary/aromatic N) is 1. The fourth-order valence-electron chi connectivity index (χ4n) is 3.65. The molecule has 6 nitrogen and oxygen atoms in total. The molecule has 0 aliphatic rings. The minimum atomic E-state index is -0.368. The van der Waals surface area contributed by atoms with E-state index in [1.165, 1.54) is 16.9 Å². The molecule has 0 aliphatic heterocycles. The van der Waals surface area contributed by atoms with Gasteiger partial charge in [-0.2, -0.15) is 0 Å². The standard InChI is InChI=1S/C28H24N2O4S/c1-3-32-28(31)25-16-29-27(35-25)23-14-20-13-22(34-21-11-9-18(2)10-12-21)15-24(26(20)30-23)33-17-19-7-5-4-6-8-19/h4-16,30H,3,17H2,1-2H3. The van der Waals surface area contributed by atoms with Crippen LogP contribution in [0.1, 0.15) is 27.7 Å². The first-order valence-electron chi connectivity index (χ1n) is 11.3. The molecule has 0 radical (unpaired) electrons. The van der Waals surface area contributed by atoms with Crippen LogP contribution in [0.15, 0.2) is 79.0 Å². The second-order valence-electron chi connectivity index (χ2n) is 8.01. The summed E-state index contributed by atoms with van der Waals surface area (Å²) >= 11 is 1.28. The van der Waals surface area contributed by atoms with Crippen molar-refractivity contribution in [2.24, 2.45) is 0 Å². The zero-order valence-electron chi connectivity index (χ0n) is 19.4. The van der Waals surface area contributed by atoms with Crippen molar-refractivity contribution < 1.29 is 19.0 Å². The second-order valence-corrected chi connectivity index (χ2v) is 9.04. The van der Waals surface area contributed by atoms with Gasteiger partial charge in [0.05, 0.1) is 24.0 Å². The number of nitrogens with one attached hydrogen (secondary N) is 1. The summed E-state index contributed by atoms with van der Waals surface area (Å²) in [5.74, 6) is 1.72. The molecule has 176 valence electrons. The lowest BCUT2D eigenvalue weighted by Gasteiger charge is -2.11. The lowest BCUT2D eigenvalue weighted by Crippen LogP contribution is -2.01. The molecule has 0 atom stereocenters. The topological polar surface area (TPSA) is 73.4 Å². The van der Waals surface area contributed by atoms with Gasteiger partial charge in [0, 0.05) is 11.5 Å². The van der Waals surface area contributed by atoms with Gasteiger partial charge in [0.1, 0.15) is 33.7 Å². The maximum absolute atomic E-state index is 12.1. The summed E-state index contributed by atoms with van der Waals surface area (Å²) in [6.07, 6.45) is 1.54. The summed E-state index contributed by atoms with van der Waals surface area (Å²) in [5.41, 5.74) is 3.86. The van der Waals surface area contributed by atoms with E-state index in [1.807, 2.05) is 79.7 Å². The zero-order chi connectivity index (χ0) is 24.2.